The van der Waals surface area contributed by atoms with Crippen LogP contribution in [0.25, 0.3) is 0 Å². The highest BCUT2D eigenvalue weighted by Crippen LogP contribution is 2.13. The number of nitrogens with zero attached hydrogens (tertiary/aromatic N) is 4. The standard InChI is InChI=1S/2C18H35N2.2ClHO4/c2*1-3-4-5-6-7-8-9-10-11-12-13-14-15-20-17-16-19(2)18-20;2*2-1(3,4)5/h2*16-18H,3-15H2,1-2H3;2*(H,2,3,4,5)/q2*+1;;/p-2. The molecule has 0 amide bonds. The third-order valence-corrected chi connectivity index (χ3v) is 8.19. The van der Waals surface area contributed by atoms with Gasteiger partial charge in [0.15, 0.2) is 0 Å². The second-order valence-corrected chi connectivity index (χ2v) is 14.7. The fraction of sp³-hybridized carbons (Fsp3) is 0.833. The van der Waals surface area contributed by atoms with E-state index >= 15 is 0 Å². The molecule has 50 heavy (non-hydrogen) atoms. The molecule has 12 nitrogen and oxygen atoms in total. The van der Waals surface area contributed by atoms with Crippen molar-refractivity contribution in [2.24, 2.45) is 14.1 Å². The van der Waals surface area contributed by atoms with Crippen molar-refractivity contribution in [1.82, 2.24) is 9.13 Å². The van der Waals surface area contributed by atoms with Crippen molar-refractivity contribution < 1.29 is 66.9 Å². The molecule has 0 fully saturated rings. The summed E-state index contributed by atoms with van der Waals surface area (Å²) in [5, 5.41) is 0. The maximum Gasteiger partial charge on any atom is 0.243 e. The Bertz CT molecular complexity index is 880. The molecule has 0 aromatic carbocycles. The number of aryl methyl sites for hydroxylation is 4. The molecule has 0 N–H and O–H groups in total. The van der Waals surface area contributed by atoms with Gasteiger partial charge in [-0.2, -0.15) is 0 Å². The van der Waals surface area contributed by atoms with Gasteiger partial charge in [0, 0.05) is 0 Å². The topological polar surface area (TPSA) is 202 Å². The molecule has 0 spiro atoms. The molecule has 0 saturated heterocycles. The van der Waals surface area contributed by atoms with Crippen molar-refractivity contribution >= 4 is 0 Å². The fourth-order valence-electron chi connectivity index (χ4n) is 5.54. The fourth-order valence-corrected chi connectivity index (χ4v) is 5.54. The number of imidazole rings is 2. The van der Waals surface area contributed by atoms with Gasteiger partial charge in [-0.1, -0.05) is 142 Å². The van der Waals surface area contributed by atoms with Crippen LogP contribution in [-0.2, 0) is 27.2 Å². The molecule has 0 atom stereocenters. The number of halogens is 2. The van der Waals surface area contributed by atoms with Crippen LogP contribution in [0.2, 0.25) is 0 Å². The van der Waals surface area contributed by atoms with Gasteiger partial charge < -0.3 is 0 Å². The van der Waals surface area contributed by atoms with Gasteiger partial charge in [-0.15, -0.1) is 20.5 Å². The molecule has 2 rings (SSSR count). The zero-order valence-electron chi connectivity index (χ0n) is 31.7. The lowest BCUT2D eigenvalue weighted by molar-refractivity contribution is -2.00. The van der Waals surface area contributed by atoms with Crippen molar-refractivity contribution in [3.05, 3.63) is 37.4 Å². The summed E-state index contributed by atoms with van der Waals surface area (Å²) in [5.74, 6) is 0. The van der Waals surface area contributed by atoms with E-state index in [0.717, 1.165) is 0 Å². The molecule has 0 unspecified atom stereocenters. The first-order chi connectivity index (χ1) is 23.7. The normalized spacial score (nSPS) is 11.3. The SMILES string of the molecule is CCCCCCCCCCCCCCn1cc[n+](C)c1.CCCCCCCCCCCCCCn1cc[n+](C)c1.[O-][Cl+3]([O-])([O-])[O-].[O-][Cl+3]([O-])([O-])[O-]. The van der Waals surface area contributed by atoms with E-state index in [9.17, 15) is 0 Å². The molecule has 2 aromatic heterocycles. The average Bonchev–Trinajstić information content (AvgIpc) is 3.64. The molecule has 296 valence electrons. The van der Waals surface area contributed by atoms with Crippen molar-refractivity contribution in [2.75, 3.05) is 0 Å². The Kier molecular flexibility index (Phi) is 35.3. The number of hydrogen-bond acceptors (Lipinski definition) is 8. The van der Waals surface area contributed by atoms with Crippen LogP contribution in [0, 0.1) is 20.5 Å². The van der Waals surface area contributed by atoms with Gasteiger partial charge in [0.2, 0.25) is 12.7 Å². The van der Waals surface area contributed by atoms with Gasteiger partial charge in [0.05, 0.1) is 27.2 Å². The molecule has 2 aromatic rings. The minimum absolute atomic E-state index is 1.18. The molecule has 14 heteroatoms. The van der Waals surface area contributed by atoms with Gasteiger partial charge in [-0.05, 0) is 25.7 Å². The van der Waals surface area contributed by atoms with Gasteiger partial charge in [0.25, 0.3) is 0 Å². The third kappa shape index (κ3) is 48.8. The minimum Gasteiger partial charge on any atom is -0.240 e. The first kappa shape index (κ1) is 50.8. The summed E-state index contributed by atoms with van der Waals surface area (Å²) >= 11 is 0. The highest BCUT2D eigenvalue weighted by Gasteiger charge is 2.01. The lowest BCUT2D eigenvalue weighted by Crippen LogP contribution is -2.68. The summed E-state index contributed by atoms with van der Waals surface area (Å²) < 4.78 is 76.7. The second kappa shape index (κ2) is 34.7. The molecular formula is C36H70Cl2N4O8. The van der Waals surface area contributed by atoms with Crippen molar-refractivity contribution in [1.29, 1.82) is 0 Å². The number of aromatic nitrogens is 4. The lowest BCUT2D eigenvalue weighted by Gasteiger charge is -2.17. The Hall–Kier alpha value is -1.32. The molecule has 0 bridgehead atoms. The Morgan fingerprint density at radius 2 is 0.580 bits per heavy atom. The van der Waals surface area contributed by atoms with Crippen LogP contribution in [0.1, 0.15) is 168 Å². The summed E-state index contributed by atoms with van der Waals surface area (Å²) in [4.78, 5) is 0. The van der Waals surface area contributed by atoms with Crippen LogP contribution in [0.4, 0.5) is 0 Å². The van der Waals surface area contributed by atoms with E-state index in [0.29, 0.717) is 0 Å². The summed E-state index contributed by atoms with van der Waals surface area (Å²) in [7, 11) is -5.72. The highest BCUT2D eigenvalue weighted by molar-refractivity contribution is 4.66. The Morgan fingerprint density at radius 1 is 0.380 bits per heavy atom. The molecule has 0 saturated carbocycles. The van der Waals surface area contributed by atoms with Crippen LogP contribution >= 0.6 is 0 Å². The largest absolute Gasteiger partial charge is 0.243 e. The van der Waals surface area contributed by atoms with Gasteiger partial charge in [-0.3, -0.25) is 0 Å². The van der Waals surface area contributed by atoms with E-state index < -0.39 is 20.5 Å². The number of hydrogen-bond donors (Lipinski definition) is 0. The number of rotatable bonds is 26. The van der Waals surface area contributed by atoms with E-state index in [1.807, 2.05) is 0 Å². The first-order valence-electron chi connectivity index (χ1n) is 18.9. The van der Waals surface area contributed by atoms with Crippen LogP contribution in [-0.4, -0.2) is 9.13 Å². The maximum atomic E-state index is 8.49. The van der Waals surface area contributed by atoms with E-state index in [1.165, 1.54) is 167 Å². The van der Waals surface area contributed by atoms with Gasteiger partial charge in [-0.25, -0.2) is 55.5 Å². The first-order valence-corrected chi connectivity index (χ1v) is 21.4. The number of unbranched alkanes of at least 4 members (excludes halogenated alkanes) is 22. The van der Waals surface area contributed by atoms with Gasteiger partial charge >= 0.3 is 0 Å². The third-order valence-electron chi connectivity index (χ3n) is 8.19. The summed E-state index contributed by atoms with van der Waals surface area (Å²) in [6.45, 7) is 6.93. The predicted octanol–water partition coefficient (Wildman–Crippen LogP) is 0.515. The monoisotopic (exact) mass is 756 g/mol. The lowest BCUT2D eigenvalue weighted by atomic mass is 10.1. The summed E-state index contributed by atoms with van der Waals surface area (Å²) in [6.07, 6.45) is 47.1. The van der Waals surface area contributed by atoms with Crippen molar-refractivity contribution in [3.63, 3.8) is 0 Å². The average molecular weight is 758 g/mol. The van der Waals surface area contributed by atoms with E-state index in [2.05, 4.69) is 83.7 Å². The maximum absolute atomic E-state index is 8.49. The minimum atomic E-state index is -4.94. The molecule has 0 radical (unpaired) electrons. The molecule has 0 aliphatic heterocycles. The smallest absolute Gasteiger partial charge is 0.240 e. The van der Waals surface area contributed by atoms with Gasteiger partial charge in [0.1, 0.15) is 24.8 Å². The summed E-state index contributed by atoms with van der Waals surface area (Å²) in [6, 6.07) is 0. The zero-order valence-corrected chi connectivity index (χ0v) is 33.2. The predicted molar refractivity (Wildman–Crippen MR) is 173 cm³/mol. The van der Waals surface area contributed by atoms with Crippen LogP contribution < -0.4 is 46.4 Å². The Labute approximate surface area is 307 Å². The Balaban J connectivity index is 0. The molecule has 0 aliphatic carbocycles. The van der Waals surface area contributed by atoms with E-state index in [1.54, 1.807) is 0 Å². The second-order valence-electron chi connectivity index (χ2n) is 13.2. The van der Waals surface area contributed by atoms with Crippen LogP contribution in [0.3, 0.4) is 0 Å². The highest BCUT2D eigenvalue weighted by atomic mass is 35.7. The van der Waals surface area contributed by atoms with Crippen molar-refractivity contribution in [2.45, 2.75) is 181 Å². The van der Waals surface area contributed by atoms with Crippen LogP contribution in [0.5, 0.6) is 0 Å². The molecule has 2 heterocycles. The molecule has 0 aliphatic rings. The van der Waals surface area contributed by atoms with Crippen molar-refractivity contribution in [3.8, 4) is 0 Å². The molecular weight excluding hydrogens is 687 g/mol. The van der Waals surface area contributed by atoms with E-state index in [-0.39, 0.29) is 0 Å². The van der Waals surface area contributed by atoms with Crippen LogP contribution in [0.15, 0.2) is 37.4 Å². The summed E-state index contributed by atoms with van der Waals surface area (Å²) in [5.41, 5.74) is 0. The Morgan fingerprint density at radius 3 is 0.760 bits per heavy atom. The zero-order chi connectivity index (χ0) is 37.9. The quantitative estimate of drug-likeness (QED) is 0.0976. The van der Waals surface area contributed by atoms with E-state index in [4.69, 9.17) is 37.3 Å².